The average Bonchev–Trinajstić information content (AvgIpc) is 3.62. The third-order valence-electron chi connectivity index (χ3n) is 8.46. The van der Waals surface area contributed by atoms with Crippen molar-refractivity contribution in [1.29, 1.82) is 0 Å². The normalized spacial score (nSPS) is 24.2. The SMILES string of the molecule is O=C1c2c(c3c4ccc(O)cc4n([C@H]4O[C@H](CO)[C@@H](O)[C@H](O)[C@H]4O)c3c3[nH]c4cc(O)ccc4c23)C(=O)N1NC(CO)CO. The predicted molar refractivity (Wildman–Crippen MR) is 153 cm³/mol. The molecule has 15 nitrogen and oxygen atoms in total. The van der Waals surface area contributed by atoms with Crippen LogP contribution >= 0.6 is 0 Å². The number of nitrogens with one attached hydrogen (secondary N) is 2. The van der Waals surface area contributed by atoms with E-state index in [0.717, 1.165) is 0 Å². The van der Waals surface area contributed by atoms with Gasteiger partial charge in [-0.15, -0.1) is 0 Å². The number of benzene rings is 3. The number of nitrogens with zero attached hydrogens (tertiary/aromatic N) is 2. The fourth-order valence-electron chi connectivity index (χ4n) is 6.41. The van der Waals surface area contributed by atoms with Gasteiger partial charge in [0, 0.05) is 33.7 Å². The van der Waals surface area contributed by atoms with Gasteiger partial charge in [-0.2, -0.15) is 0 Å². The first-order chi connectivity index (χ1) is 21.1. The van der Waals surface area contributed by atoms with Crippen LogP contribution in [0.3, 0.4) is 0 Å². The van der Waals surface area contributed by atoms with E-state index in [1.807, 2.05) is 0 Å². The van der Waals surface area contributed by atoms with Crippen molar-refractivity contribution in [2.45, 2.75) is 36.7 Å². The lowest BCUT2D eigenvalue weighted by Gasteiger charge is -2.41. The number of aromatic nitrogens is 2. The Bertz CT molecular complexity index is 2000. The standard InChI is InChI=1S/C29H28N4O11/c34-7-10(8-35)31-33-27(42)20-18-13-3-1-11(37)5-15(13)30-22(18)23-19(21(20)28(33)43)14-4-2-12(38)6-16(14)32(23)29-26(41)25(40)24(39)17(9-36)44-29/h1-6,10,17,24-26,29-31,34-41H,7-9H2/t17-,24-,25+,26-,29+/m1/s1. The van der Waals surface area contributed by atoms with Crippen molar-refractivity contribution in [3.63, 3.8) is 0 Å². The number of aromatic amines is 1. The zero-order valence-electron chi connectivity index (χ0n) is 22.7. The number of carbonyl (C=O) groups excluding carboxylic acids is 2. The summed E-state index contributed by atoms with van der Waals surface area (Å²) in [5, 5.41) is 84.2. The molecule has 10 N–H and O–H groups in total. The molecular formula is C29H28N4O11. The number of imide groups is 1. The highest BCUT2D eigenvalue weighted by Crippen LogP contribution is 2.47. The lowest BCUT2D eigenvalue weighted by molar-refractivity contribution is -0.249. The highest BCUT2D eigenvalue weighted by atomic mass is 16.6. The van der Waals surface area contributed by atoms with Crippen molar-refractivity contribution < 1.29 is 55.2 Å². The number of aromatic hydroxyl groups is 2. The number of ether oxygens (including phenoxy) is 1. The molecule has 5 aromatic rings. The van der Waals surface area contributed by atoms with Crippen LogP contribution in [0.25, 0.3) is 43.6 Å². The van der Waals surface area contributed by atoms with Crippen LogP contribution in [0.5, 0.6) is 11.5 Å². The average molecular weight is 609 g/mol. The molecule has 3 aromatic carbocycles. The van der Waals surface area contributed by atoms with E-state index in [9.17, 15) is 50.4 Å². The second-order valence-corrected chi connectivity index (χ2v) is 11.0. The van der Waals surface area contributed by atoms with Gasteiger partial charge >= 0.3 is 0 Å². The zero-order chi connectivity index (χ0) is 31.2. The number of rotatable bonds is 6. The van der Waals surface area contributed by atoms with Crippen molar-refractivity contribution >= 4 is 55.4 Å². The Balaban J connectivity index is 1.65. The maximum atomic E-state index is 14.1. The summed E-state index contributed by atoms with van der Waals surface area (Å²) < 4.78 is 7.35. The quantitative estimate of drug-likeness (QED) is 0.107. The van der Waals surface area contributed by atoms with Gasteiger partial charge in [-0.3, -0.25) is 9.59 Å². The minimum atomic E-state index is -1.75. The van der Waals surface area contributed by atoms with Crippen LogP contribution < -0.4 is 5.43 Å². The summed E-state index contributed by atoms with van der Waals surface area (Å²) in [6.45, 7) is -1.88. The molecule has 5 atom stereocenters. The molecule has 1 fully saturated rings. The lowest BCUT2D eigenvalue weighted by atomic mass is 9.96. The Kier molecular flexibility index (Phi) is 6.54. The van der Waals surface area contributed by atoms with E-state index < -0.39 is 68.3 Å². The van der Waals surface area contributed by atoms with Crippen molar-refractivity contribution in [3.8, 4) is 11.5 Å². The van der Waals surface area contributed by atoms with Gasteiger partial charge in [0.05, 0.1) is 59.1 Å². The fourth-order valence-corrected chi connectivity index (χ4v) is 6.41. The summed E-state index contributed by atoms with van der Waals surface area (Å²) in [6, 6.07) is 7.55. The monoisotopic (exact) mass is 608 g/mol. The van der Waals surface area contributed by atoms with Crippen LogP contribution in [0.4, 0.5) is 0 Å². The highest BCUT2D eigenvalue weighted by Gasteiger charge is 2.47. The number of aliphatic hydroxyl groups excluding tert-OH is 6. The van der Waals surface area contributed by atoms with Crippen LogP contribution in [-0.4, -0.2) is 118 Å². The first-order valence-electron chi connectivity index (χ1n) is 13.7. The van der Waals surface area contributed by atoms with Crippen LogP contribution in [0.1, 0.15) is 26.9 Å². The number of aliphatic hydroxyl groups is 6. The predicted octanol–water partition coefficient (Wildman–Crippen LogP) is -0.734. The van der Waals surface area contributed by atoms with Gasteiger partial charge in [0.15, 0.2) is 6.23 Å². The molecule has 4 heterocycles. The topological polar surface area (TPSA) is 241 Å². The smallest absolute Gasteiger partial charge is 0.276 e. The molecule has 0 saturated carbocycles. The number of hydrazine groups is 1. The van der Waals surface area contributed by atoms with Gasteiger partial charge in [-0.05, 0) is 24.3 Å². The molecule has 2 aromatic heterocycles. The lowest BCUT2D eigenvalue weighted by Crippen LogP contribution is -2.56. The van der Waals surface area contributed by atoms with Gasteiger partial charge in [-0.25, -0.2) is 10.4 Å². The highest BCUT2D eigenvalue weighted by molar-refractivity contribution is 6.39. The van der Waals surface area contributed by atoms with Crippen LogP contribution in [0, 0.1) is 0 Å². The Morgan fingerprint density at radius 3 is 2.14 bits per heavy atom. The summed E-state index contributed by atoms with van der Waals surface area (Å²) in [4.78, 5) is 31.2. The number of fused-ring (bicyclic) bond motifs is 10. The van der Waals surface area contributed by atoms with Gasteiger partial charge in [-0.1, -0.05) is 0 Å². The molecule has 0 spiro atoms. The summed E-state index contributed by atoms with van der Waals surface area (Å²) in [5.74, 6) is -1.86. The number of phenols is 2. The van der Waals surface area contributed by atoms with E-state index in [1.165, 1.54) is 34.9 Å². The second kappa shape index (κ2) is 10.1. The molecule has 0 radical (unpaired) electrons. The third kappa shape index (κ3) is 3.79. The van der Waals surface area contributed by atoms with E-state index in [4.69, 9.17) is 4.74 Å². The van der Waals surface area contributed by atoms with E-state index >= 15 is 0 Å². The van der Waals surface area contributed by atoms with Crippen LogP contribution in [0.2, 0.25) is 0 Å². The zero-order valence-corrected chi connectivity index (χ0v) is 22.7. The first kappa shape index (κ1) is 28.5. The second-order valence-electron chi connectivity index (χ2n) is 11.0. The molecule has 2 amide bonds. The summed E-state index contributed by atoms with van der Waals surface area (Å²) in [5.41, 5.74) is 3.60. The molecule has 15 heteroatoms. The van der Waals surface area contributed by atoms with Crippen molar-refractivity contribution in [2.75, 3.05) is 19.8 Å². The molecule has 44 heavy (non-hydrogen) atoms. The van der Waals surface area contributed by atoms with E-state index in [0.29, 0.717) is 21.3 Å². The Labute approximate surface area is 246 Å². The summed E-state index contributed by atoms with van der Waals surface area (Å²) in [6.07, 6.45) is -7.92. The minimum absolute atomic E-state index is 0.0162. The molecule has 0 aliphatic carbocycles. The number of hydrogen-bond acceptors (Lipinski definition) is 12. The maximum absolute atomic E-state index is 14.1. The van der Waals surface area contributed by atoms with Crippen molar-refractivity contribution in [1.82, 2.24) is 20.0 Å². The van der Waals surface area contributed by atoms with E-state index in [2.05, 4.69) is 10.4 Å². The number of phenolic OH excluding ortho intramolecular Hbond substituents is 2. The Morgan fingerprint density at radius 1 is 0.841 bits per heavy atom. The molecule has 2 aliphatic heterocycles. The molecule has 2 aliphatic rings. The Morgan fingerprint density at radius 2 is 1.48 bits per heavy atom. The van der Waals surface area contributed by atoms with Gasteiger partial charge in [0.25, 0.3) is 11.8 Å². The van der Waals surface area contributed by atoms with Crippen LogP contribution in [-0.2, 0) is 4.74 Å². The van der Waals surface area contributed by atoms with E-state index in [-0.39, 0.29) is 49.9 Å². The maximum Gasteiger partial charge on any atom is 0.276 e. The van der Waals surface area contributed by atoms with Crippen molar-refractivity contribution in [2.24, 2.45) is 0 Å². The minimum Gasteiger partial charge on any atom is -0.508 e. The molecule has 230 valence electrons. The van der Waals surface area contributed by atoms with Gasteiger partial charge < -0.3 is 55.1 Å². The Hall–Kier alpha value is -4.32. The summed E-state index contributed by atoms with van der Waals surface area (Å²) in [7, 11) is 0. The molecule has 1 saturated heterocycles. The van der Waals surface area contributed by atoms with E-state index in [1.54, 1.807) is 6.07 Å². The molecule has 0 bridgehead atoms. The summed E-state index contributed by atoms with van der Waals surface area (Å²) >= 11 is 0. The van der Waals surface area contributed by atoms with Gasteiger partial charge in [0.2, 0.25) is 0 Å². The molecular weight excluding hydrogens is 580 g/mol. The number of hydrogen-bond donors (Lipinski definition) is 10. The molecule has 7 rings (SSSR count). The largest absolute Gasteiger partial charge is 0.508 e. The fraction of sp³-hybridized carbons (Fsp3) is 0.310. The first-order valence-corrected chi connectivity index (χ1v) is 13.7. The van der Waals surface area contributed by atoms with Gasteiger partial charge in [0.1, 0.15) is 35.9 Å². The molecule has 0 unspecified atom stereocenters. The number of carbonyl (C=O) groups is 2. The van der Waals surface area contributed by atoms with Crippen molar-refractivity contribution in [3.05, 3.63) is 47.5 Å². The third-order valence-corrected chi connectivity index (χ3v) is 8.46. The number of amides is 2. The number of H-pyrrole nitrogens is 1. The van der Waals surface area contributed by atoms with Crippen LogP contribution in [0.15, 0.2) is 36.4 Å².